The zero-order chi connectivity index (χ0) is 48.7. The van der Waals surface area contributed by atoms with E-state index in [4.69, 9.17) is 24.4 Å². The molecule has 0 atom stereocenters. The fourth-order valence-electron chi connectivity index (χ4n) is 11.0. The summed E-state index contributed by atoms with van der Waals surface area (Å²) in [6, 6.07) is 81.3. The van der Waals surface area contributed by atoms with Crippen molar-refractivity contribution in [2.75, 3.05) is 0 Å². The summed E-state index contributed by atoms with van der Waals surface area (Å²) in [7, 11) is 0. The van der Waals surface area contributed by atoms with Crippen molar-refractivity contribution in [3.05, 3.63) is 243 Å². The summed E-state index contributed by atoms with van der Waals surface area (Å²) in [5.41, 5.74) is 10.2. The first-order valence-electron chi connectivity index (χ1n) is 24.8. The van der Waals surface area contributed by atoms with Crippen LogP contribution in [0.2, 0.25) is 0 Å². The lowest BCUT2D eigenvalue weighted by Gasteiger charge is -2.09. The topological polar surface area (TPSA) is 64.7 Å². The molecule has 5 nitrogen and oxygen atoms in total. The van der Waals surface area contributed by atoms with Gasteiger partial charge >= 0.3 is 0 Å². The van der Waals surface area contributed by atoms with E-state index in [1.54, 1.807) is 0 Å². The van der Waals surface area contributed by atoms with Crippen molar-refractivity contribution in [2.45, 2.75) is 0 Å². The molecule has 0 fully saturated rings. The van der Waals surface area contributed by atoms with E-state index in [1.165, 1.54) is 63.6 Å². The third kappa shape index (κ3) is 6.91. The summed E-state index contributed by atoms with van der Waals surface area (Å²) in [6.07, 6.45) is 3.85. The average Bonchev–Trinajstić information content (AvgIpc) is 4.06. The van der Waals surface area contributed by atoms with Crippen LogP contribution in [-0.4, -0.2) is 19.9 Å². The largest absolute Gasteiger partial charge is 0.455 e. The second kappa shape index (κ2) is 17.0. The lowest BCUT2D eigenvalue weighted by atomic mass is 9.96. The fourth-order valence-corrected chi connectivity index (χ4v) is 12.2. The molecule has 16 aromatic rings. The number of hydrogen-bond acceptors (Lipinski definition) is 6. The molecular formula is C68H40N4OS. The van der Waals surface area contributed by atoms with Gasteiger partial charge in [0, 0.05) is 76.0 Å². The molecule has 0 amide bonds. The maximum atomic E-state index is 6.74. The molecule has 12 aromatic carbocycles. The second-order valence-electron chi connectivity index (χ2n) is 18.9. The lowest BCUT2D eigenvalue weighted by molar-refractivity contribution is 0.670. The number of thiophene rings is 1. The minimum Gasteiger partial charge on any atom is -0.455 e. The first-order chi connectivity index (χ1) is 36.7. The van der Waals surface area contributed by atoms with Crippen LogP contribution in [-0.2, 0) is 0 Å². The van der Waals surface area contributed by atoms with Gasteiger partial charge in [-0.25, -0.2) is 19.9 Å². The molecule has 0 spiro atoms. The van der Waals surface area contributed by atoms with E-state index in [-0.39, 0.29) is 0 Å². The maximum Gasteiger partial charge on any atom is 0.163 e. The van der Waals surface area contributed by atoms with Crippen LogP contribution in [0.5, 0.6) is 0 Å². The molecule has 0 saturated carbocycles. The highest BCUT2D eigenvalue weighted by molar-refractivity contribution is 7.25. The van der Waals surface area contributed by atoms with Crippen molar-refractivity contribution < 1.29 is 4.42 Å². The number of nitrogens with zero attached hydrogens (tertiary/aromatic N) is 4. The number of fused-ring (bicyclic) bond motifs is 15. The Hall–Kier alpha value is -9.62. The van der Waals surface area contributed by atoms with Gasteiger partial charge in [-0.2, -0.15) is 0 Å². The summed E-state index contributed by atoms with van der Waals surface area (Å²) in [5, 5.41) is 16.5. The molecule has 4 heterocycles. The monoisotopic (exact) mass is 960 g/mol. The van der Waals surface area contributed by atoms with Gasteiger partial charge in [-0.3, -0.25) is 0 Å². The van der Waals surface area contributed by atoms with Gasteiger partial charge in [-0.05, 0) is 79.3 Å². The molecule has 0 radical (unpaired) electrons. The van der Waals surface area contributed by atoms with E-state index >= 15 is 0 Å². The summed E-state index contributed by atoms with van der Waals surface area (Å²) >= 11 is 1.85. The number of furan rings is 1. The predicted molar refractivity (Wildman–Crippen MR) is 311 cm³/mol. The van der Waals surface area contributed by atoms with Crippen LogP contribution in [0, 0.1) is 0 Å². The first kappa shape index (κ1) is 42.1. The summed E-state index contributed by atoms with van der Waals surface area (Å²) in [5.74, 6) is 1.42. The third-order valence-corrected chi connectivity index (χ3v) is 15.7. The quantitative estimate of drug-likeness (QED) is 0.164. The molecule has 4 aromatic heterocycles. The van der Waals surface area contributed by atoms with Gasteiger partial charge in [0.05, 0.1) is 16.6 Å². The van der Waals surface area contributed by atoms with E-state index in [0.717, 1.165) is 82.6 Å². The van der Waals surface area contributed by atoms with Gasteiger partial charge in [-0.1, -0.05) is 200 Å². The van der Waals surface area contributed by atoms with Crippen molar-refractivity contribution in [1.82, 2.24) is 19.9 Å². The maximum absolute atomic E-state index is 6.74. The van der Waals surface area contributed by atoms with E-state index in [2.05, 4.69) is 231 Å². The number of para-hydroxylation sites is 2. The Balaban J connectivity index is 0.000000134. The zero-order valence-corrected chi connectivity index (χ0v) is 40.5. The van der Waals surface area contributed by atoms with Gasteiger partial charge in [0.2, 0.25) is 0 Å². The van der Waals surface area contributed by atoms with Gasteiger partial charge in [-0.15, -0.1) is 11.3 Å². The standard InChI is InChI=1S/C38H22N2O.C30H18N2S/c1-3-9-28-23(7-1)15-16-25-17-19-26(21-34(25)28)30-11-5-12-31-32-13-6-14-33(37(32)41-36(30)31)38-39-22-27-20-18-24-8-2-4-10-29(24)35(27)40-38;1-2-10-24-19(7-1)15-16-22-18-31-30(32-29(22)24)21-9-5-8-20(17-21)23-12-6-14-27-28(23)25-11-3-4-13-26(25)33-27/h1-22H;1-18H. The van der Waals surface area contributed by atoms with Crippen molar-refractivity contribution in [3.8, 4) is 45.0 Å². The smallest absolute Gasteiger partial charge is 0.163 e. The van der Waals surface area contributed by atoms with Crippen LogP contribution in [0.1, 0.15) is 0 Å². The molecule has 0 aliphatic rings. The summed E-state index contributed by atoms with van der Waals surface area (Å²) < 4.78 is 9.38. The number of aromatic nitrogens is 4. The molecule has 0 N–H and O–H groups in total. The fraction of sp³-hybridized carbons (Fsp3) is 0. The number of hydrogen-bond donors (Lipinski definition) is 0. The van der Waals surface area contributed by atoms with Gasteiger partial charge in [0.1, 0.15) is 11.2 Å². The summed E-state index contributed by atoms with van der Waals surface area (Å²) in [6.45, 7) is 0. The highest BCUT2D eigenvalue weighted by Crippen LogP contribution is 2.43. The molecule has 0 aliphatic heterocycles. The first-order valence-corrected chi connectivity index (χ1v) is 25.7. The molecule has 16 rings (SSSR count). The molecule has 0 bridgehead atoms. The Morgan fingerprint density at radius 2 is 0.770 bits per heavy atom. The van der Waals surface area contributed by atoms with E-state index < -0.39 is 0 Å². The Labute approximate surface area is 428 Å². The molecular weight excluding hydrogens is 921 g/mol. The van der Waals surface area contributed by atoms with Crippen LogP contribution in [0.25, 0.3) is 152 Å². The molecule has 74 heavy (non-hydrogen) atoms. The molecule has 344 valence electrons. The Morgan fingerprint density at radius 1 is 0.297 bits per heavy atom. The highest BCUT2D eigenvalue weighted by atomic mass is 32.1. The predicted octanol–water partition coefficient (Wildman–Crippen LogP) is 18.8. The van der Waals surface area contributed by atoms with E-state index in [1.807, 2.05) is 23.7 Å². The van der Waals surface area contributed by atoms with E-state index in [0.29, 0.717) is 5.82 Å². The minimum absolute atomic E-state index is 0.664. The van der Waals surface area contributed by atoms with Crippen molar-refractivity contribution in [1.29, 1.82) is 0 Å². The Bertz CT molecular complexity index is 4760. The lowest BCUT2D eigenvalue weighted by Crippen LogP contribution is -1.91. The minimum atomic E-state index is 0.664. The molecule has 6 heteroatoms. The number of rotatable bonds is 4. The van der Waals surface area contributed by atoms with Crippen LogP contribution in [0.3, 0.4) is 0 Å². The highest BCUT2D eigenvalue weighted by Gasteiger charge is 2.19. The molecule has 0 unspecified atom stereocenters. The van der Waals surface area contributed by atoms with Crippen LogP contribution in [0.4, 0.5) is 0 Å². The van der Waals surface area contributed by atoms with Crippen LogP contribution < -0.4 is 0 Å². The van der Waals surface area contributed by atoms with Crippen LogP contribution in [0.15, 0.2) is 247 Å². The van der Waals surface area contributed by atoms with Crippen LogP contribution >= 0.6 is 11.3 Å². The molecule has 0 aliphatic carbocycles. The van der Waals surface area contributed by atoms with Crippen molar-refractivity contribution in [3.63, 3.8) is 0 Å². The number of benzene rings is 12. The third-order valence-electron chi connectivity index (χ3n) is 14.6. The van der Waals surface area contributed by atoms with Crippen molar-refractivity contribution in [2.24, 2.45) is 0 Å². The molecule has 0 saturated heterocycles. The van der Waals surface area contributed by atoms with Gasteiger partial charge < -0.3 is 4.42 Å². The zero-order valence-electron chi connectivity index (χ0n) is 39.7. The van der Waals surface area contributed by atoms with Gasteiger partial charge in [0.15, 0.2) is 11.6 Å². The normalized spacial score (nSPS) is 11.8. The SMILES string of the molecule is c1cc(-c2ncc3ccc4ccccc4c3n2)cc(-c2cccc3sc4ccccc4c23)c1.c1ccc2c(c1)ccc1ccc(-c3cccc4c3oc3c(-c5ncc6ccc7ccccc7c6n5)cccc34)cc12. The Kier molecular flexibility index (Phi) is 9.68. The van der Waals surface area contributed by atoms with Gasteiger partial charge in [0.25, 0.3) is 0 Å². The Morgan fingerprint density at radius 3 is 1.50 bits per heavy atom. The van der Waals surface area contributed by atoms with E-state index in [9.17, 15) is 0 Å². The second-order valence-corrected chi connectivity index (χ2v) is 20.0. The van der Waals surface area contributed by atoms with Crippen molar-refractivity contribution >= 4 is 118 Å². The average molecular weight is 961 g/mol. The summed E-state index contributed by atoms with van der Waals surface area (Å²) in [4.78, 5) is 19.6.